The number of alkyl halides is 1. The molecule has 0 saturated heterocycles. The Morgan fingerprint density at radius 2 is 1.27 bits per heavy atom. The van der Waals surface area contributed by atoms with Crippen molar-refractivity contribution in [1.82, 2.24) is 0 Å². The van der Waals surface area contributed by atoms with Crippen molar-refractivity contribution >= 4 is 17.6 Å². The van der Waals surface area contributed by atoms with Crippen molar-refractivity contribution < 1.29 is 9.53 Å². The second-order valence-electron chi connectivity index (χ2n) is 6.88. The summed E-state index contributed by atoms with van der Waals surface area (Å²) in [5.41, 5.74) is 4.88. The van der Waals surface area contributed by atoms with Gasteiger partial charge in [-0.2, -0.15) is 0 Å². The summed E-state index contributed by atoms with van der Waals surface area (Å²) in [6.45, 7) is 21.9. The van der Waals surface area contributed by atoms with Crippen molar-refractivity contribution in [1.29, 1.82) is 0 Å². The number of halogens is 1. The van der Waals surface area contributed by atoms with Crippen LogP contribution in [-0.2, 0) is 9.53 Å². The van der Waals surface area contributed by atoms with E-state index in [0.717, 1.165) is 50.5 Å². The van der Waals surface area contributed by atoms with Crippen molar-refractivity contribution in [3.63, 3.8) is 0 Å². The molecule has 0 radical (unpaired) electrons. The number of hydrogen-bond acceptors (Lipinski definition) is 2. The van der Waals surface area contributed by atoms with Gasteiger partial charge in [0, 0.05) is 18.7 Å². The molecule has 3 heteroatoms. The van der Waals surface area contributed by atoms with E-state index in [0.29, 0.717) is 18.9 Å². The largest absolute Gasteiger partial charge is 0.465 e. The number of allylic oxidation sites excluding steroid dienone is 3. The van der Waals surface area contributed by atoms with Crippen LogP contribution in [-0.4, -0.2) is 18.5 Å². The first-order valence-electron chi connectivity index (χ1n) is 9.56. The molecule has 0 saturated carbocycles. The van der Waals surface area contributed by atoms with Crippen LogP contribution in [0.25, 0.3) is 0 Å². The highest BCUT2D eigenvalue weighted by Crippen LogP contribution is 2.13. The zero-order valence-corrected chi connectivity index (χ0v) is 18.1. The fourth-order valence-electron chi connectivity index (χ4n) is 2.08. The van der Waals surface area contributed by atoms with Crippen molar-refractivity contribution in [3.8, 4) is 0 Å². The first-order chi connectivity index (χ1) is 12.2. The summed E-state index contributed by atoms with van der Waals surface area (Å²) >= 11 is 5.56. The second kappa shape index (κ2) is 18.5. The normalized spacial score (nSPS) is 9.69. The van der Waals surface area contributed by atoms with Crippen molar-refractivity contribution in [3.05, 3.63) is 48.6 Å². The van der Waals surface area contributed by atoms with Crippen LogP contribution in [0.2, 0.25) is 0 Å². The molecule has 26 heavy (non-hydrogen) atoms. The van der Waals surface area contributed by atoms with Gasteiger partial charge in [-0.15, -0.1) is 24.8 Å². The van der Waals surface area contributed by atoms with Crippen LogP contribution in [0.15, 0.2) is 48.6 Å². The summed E-state index contributed by atoms with van der Waals surface area (Å²) in [6, 6.07) is 0. The molecule has 0 spiro atoms. The molecule has 0 atom stereocenters. The lowest BCUT2D eigenvalue weighted by Gasteiger charge is -2.06. The maximum Gasteiger partial charge on any atom is 0.305 e. The van der Waals surface area contributed by atoms with Gasteiger partial charge in [0.25, 0.3) is 0 Å². The summed E-state index contributed by atoms with van der Waals surface area (Å²) in [6.07, 6.45) is 8.70. The first-order valence-corrected chi connectivity index (χ1v) is 10.1. The number of hydrogen-bond donors (Lipinski definition) is 0. The predicted molar refractivity (Wildman–Crippen MR) is 117 cm³/mol. The first kappa shape index (κ1) is 26.9. The third kappa shape index (κ3) is 22.7. The summed E-state index contributed by atoms with van der Waals surface area (Å²) in [7, 11) is 0. The minimum absolute atomic E-state index is 0.135. The lowest BCUT2D eigenvalue weighted by molar-refractivity contribution is -0.143. The molecule has 0 heterocycles. The molecule has 0 unspecified atom stereocenters. The smallest absolute Gasteiger partial charge is 0.305 e. The molecular formula is C23H39ClO2. The van der Waals surface area contributed by atoms with E-state index in [2.05, 4.69) is 33.2 Å². The van der Waals surface area contributed by atoms with E-state index in [1.807, 2.05) is 6.92 Å². The Morgan fingerprint density at radius 3 is 1.65 bits per heavy atom. The molecule has 0 bridgehead atoms. The molecule has 0 aromatic carbocycles. The molecule has 0 N–H and O–H groups in total. The van der Waals surface area contributed by atoms with Crippen LogP contribution < -0.4 is 0 Å². The minimum Gasteiger partial charge on any atom is -0.465 e. The summed E-state index contributed by atoms with van der Waals surface area (Å²) in [5, 5.41) is 0. The van der Waals surface area contributed by atoms with E-state index >= 15 is 0 Å². The summed E-state index contributed by atoms with van der Waals surface area (Å²) in [4.78, 5) is 10.8. The van der Waals surface area contributed by atoms with Crippen LogP contribution in [0.3, 0.4) is 0 Å². The third-order valence-electron chi connectivity index (χ3n) is 3.72. The van der Waals surface area contributed by atoms with E-state index < -0.39 is 0 Å². The molecule has 0 aliphatic rings. The van der Waals surface area contributed by atoms with Gasteiger partial charge in [-0.1, -0.05) is 42.4 Å². The zero-order valence-electron chi connectivity index (χ0n) is 17.3. The van der Waals surface area contributed by atoms with Gasteiger partial charge >= 0.3 is 5.97 Å². The van der Waals surface area contributed by atoms with Crippen LogP contribution in [0.4, 0.5) is 0 Å². The minimum atomic E-state index is -0.135. The van der Waals surface area contributed by atoms with E-state index in [1.165, 1.54) is 23.1 Å². The monoisotopic (exact) mass is 382 g/mol. The molecule has 0 aromatic heterocycles. The van der Waals surface area contributed by atoms with Gasteiger partial charge in [0.15, 0.2) is 0 Å². The van der Waals surface area contributed by atoms with Crippen molar-refractivity contribution in [2.24, 2.45) is 0 Å². The van der Waals surface area contributed by atoms with Crippen molar-refractivity contribution in [2.75, 3.05) is 12.5 Å². The van der Waals surface area contributed by atoms with Gasteiger partial charge in [-0.05, 0) is 58.8 Å². The SMILES string of the molecule is C=C(C)CCCC(=C)CCCl.C=C(C)CCCC(=C)CCOC(=O)CC. The molecule has 150 valence electrons. The molecular weight excluding hydrogens is 344 g/mol. The molecule has 0 aromatic rings. The van der Waals surface area contributed by atoms with E-state index in [-0.39, 0.29) is 5.97 Å². The quantitative estimate of drug-likeness (QED) is 0.176. The van der Waals surface area contributed by atoms with Crippen LogP contribution in [0, 0.1) is 0 Å². The molecule has 0 rings (SSSR count). The number of carbonyl (C=O) groups excluding carboxylic acids is 1. The lowest BCUT2D eigenvalue weighted by Crippen LogP contribution is -2.04. The van der Waals surface area contributed by atoms with Gasteiger partial charge in [0.05, 0.1) is 6.61 Å². The highest BCUT2D eigenvalue weighted by atomic mass is 35.5. The van der Waals surface area contributed by atoms with Gasteiger partial charge in [0.1, 0.15) is 0 Å². The third-order valence-corrected chi connectivity index (χ3v) is 3.91. The fourth-order valence-corrected chi connectivity index (χ4v) is 2.34. The number of esters is 1. The maximum atomic E-state index is 10.8. The molecule has 2 nitrogen and oxygen atoms in total. The van der Waals surface area contributed by atoms with Gasteiger partial charge in [-0.3, -0.25) is 4.79 Å². The molecule has 0 aliphatic heterocycles. The standard InChI is InChI=1S/C13H22O2.C10H17Cl/c1-5-13(14)15-10-9-12(4)8-6-7-11(2)3;1-9(2)5-4-6-10(3)7-8-11/h2,4-10H2,1,3H3;1,3-8H2,2H3. The van der Waals surface area contributed by atoms with Crippen molar-refractivity contribution in [2.45, 2.75) is 78.6 Å². The number of ether oxygens (including phenoxy) is 1. The van der Waals surface area contributed by atoms with Gasteiger partial charge < -0.3 is 4.74 Å². The average molecular weight is 383 g/mol. The van der Waals surface area contributed by atoms with Crippen LogP contribution in [0.5, 0.6) is 0 Å². The van der Waals surface area contributed by atoms with E-state index in [1.54, 1.807) is 6.92 Å². The summed E-state index contributed by atoms with van der Waals surface area (Å²) in [5.74, 6) is 0.566. The Balaban J connectivity index is 0. The fraction of sp³-hybridized carbons (Fsp3) is 0.609. The highest BCUT2D eigenvalue weighted by molar-refractivity contribution is 6.17. The topological polar surface area (TPSA) is 26.3 Å². The van der Waals surface area contributed by atoms with E-state index in [4.69, 9.17) is 16.3 Å². The Morgan fingerprint density at radius 1 is 0.808 bits per heavy atom. The molecule has 0 amide bonds. The molecule has 0 aliphatic carbocycles. The predicted octanol–water partition coefficient (Wildman–Crippen LogP) is 7.55. The maximum absolute atomic E-state index is 10.8. The highest BCUT2D eigenvalue weighted by Gasteiger charge is 2.00. The van der Waals surface area contributed by atoms with E-state index in [9.17, 15) is 4.79 Å². The lowest BCUT2D eigenvalue weighted by atomic mass is 10.1. The Labute approximate surface area is 167 Å². The Kier molecular flexibility index (Phi) is 19.2. The Hall–Kier alpha value is -1.28. The van der Waals surface area contributed by atoms with Gasteiger partial charge in [0.2, 0.25) is 0 Å². The number of carbonyl (C=O) groups is 1. The Bertz CT molecular complexity index is 449. The molecule has 0 fully saturated rings. The number of rotatable bonds is 14. The average Bonchev–Trinajstić information content (AvgIpc) is 2.54. The zero-order chi connectivity index (χ0) is 20.4. The van der Waals surface area contributed by atoms with Crippen LogP contribution >= 0.6 is 11.6 Å². The summed E-state index contributed by atoms with van der Waals surface area (Å²) < 4.78 is 4.97. The van der Waals surface area contributed by atoms with Crippen LogP contribution in [0.1, 0.15) is 78.6 Å². The van der Waals surface area contributed by atoms with Gasteiger partial charge in [-0.25, -0.2) is 0 Å². The second-order valence-corrected chi connectivity index (χ2v) is 7.26.